The van der Waals surface area contributed by atoms with Gasteiger partial charge in [0, 0.05) is 30.4 Å². The summed E-state index contributed by atoms with van der Waals surface area (Å²) in [5, 5.41) is 11.1. The number of rotatable bonds is 3. The van der Waals surface area contributed by atoms with Crippen molar-refractivity contribution in [3.05, 3.63) is 36.0 Å². The van der Waals surface area contributed by atoms with Crippen LogP contribution in [0.4, 0.5) is 5.69 Å². The highest BCUT2D eigenvalue weighted by Gasteiger charge is 2.17. The van der Waals surface area contributed by atoms with E-state index in [1.165, 1.54) is 0 Å². The number of nitrogens with zero attached hydrogens (tertiary/aromatic N) is 2. The van der Waals surface area contributed by atoms with E-state index in [1.54, 1.807) is 0 Å². The largest absolute Gasteiger partial charge is 0.389 e. The topological polar surface area (TPSA) is 36.4 Å². The molecule has 3 heteroatoms. The SMILES string of the molecule is Cc1cc(N(C)CC(C)(C)O)c2ccccc2n1. The predicted molar refractivity (Wildman–Crippen MR) is 76.0 cm³/mol. The van der Waals surface area contributed by atoms with Gasteiger partial charge in [0.2, 0.25) is 0 Å². The lowest BCUT2D eigenvalue weighted by atomic mass is 10.1. The van der Waals surface area contributed by atoms with Crippen molar-refractivity contribution in [1.82, 2.24) is 4.98 Å². The van der Waals surface area contributed by atoms with E-state index in [0.29, 0.717) is 6.54 Å². The van der Waals surface area contributed by atoms with Gasteiger partial charge >= 0.3 is 0 Å². The van der Waals surface area contributed by atoms with Crippen LogP contribution in [0.5, 0.6) is 0 Å². The van der Waals surface area contributed by atoms with Crippen LogP contribution in [0.3, 0.4) is 0 Å². The van der Waals surface area contributed by atoms with Gasteiger partial charge in [0.15, 0.2) is 0 Å². The normalized spacial score (nSPS) is 11.8. The highest BCUT2D eigenvalue weighted by molar-refractivity contribution is 5.91. The van der Waals surface area contributed by atoms with E-state index in [1.807, 2.05) is 46.0 Å². The third kappa shape index (κ3) is 2.79. The van der Waals surface area contributed by atoms with Crippen molar-refractivity contribution < 1.29 is 5.11 Å². The van der Waals surface area contributed by atoms with Crippen molar-refractivity contribution in [3.63, 3.8) is 0 Å². The Morgan fingerprint density at radius 2 is 1.94 bits per heavy atom. The highest BCUT2D eigenvalue weighted by atomic mass is 16.3. The lowest BCUT2D eigenvalue weighted by Crippen LogP contribution is -2.36. The van der Waals surface area contributed by atoms with Gasteiger partial charge in [0.25, 0.3) is 0 Å². The summed E-state index contributed by atoms with van der Waals surface area (Å²) in [5.41, 5.74) is 2.38. The maximum absolute atomic E-state index is 9.93. The molecule has 1 aromatic carbocycles. The molecule has 1 heterocycles. The summed E-state index contributed by atoms with van der Waals surface area (Å²) in [7, 11) is 2.00. The van der Waals surface area contributed by atoms with Crippen LogP contribution >= 0.6 is 0 Å². The van der Waals surface area contributed by atoms with Crippen molar-refractivity contribution in [2.24, 2.45) is 0 Å². The Morgan fingerprint density at radius 3 is 2.61 bits per heavy atom. The number of fused-ring (bicyclic) bond motifs is 1. The third-order valence-electron chi connectivity index (χ3n) is 2.86. The Hall–Kier alpha value is -1.61. The molecule has 0 spiro atoms. The van der Waals surface area contributed by atoms with Gasteiger partial charge in [-0.05, 0) is 32.9 Å². The minimum absolute atomic E-state index is 0.584. The Kier molecular flexibility index (Phi) is 3.26. The molecular formula is C15H20N2O. The van der Waals surface area contributed by atoms with E-state index in [4.69, 9.17) is 0 Å². The molecule has 1 aromatic heterocycles. The number of aromatic nitrogens is 1. The zero-order valence-electron chi connectivity index (χ0n) is 11.4. The molecule has 1 N–H and O–H groups in total. The third-order valence-corrected chi connectivity index (χ3v) is 2.86. The van der Waals surface area contributed by atoms with E-state index in [0.717, 1.165) is 22.3 Å². The standard InChI is InChI=1S/C15H20N2O/c1-11-9-14(17(4)10-15(2,3)18)12-7-5-6-8-13(12)16-11/h5-9,18H,10H2,1-4H3. The molecule has 0 radical (unpaired) electrons. The van der Waals surface area contributed by atoms with E-state index in [2.05, 4.69) is 22.0 Å². The number of benzene rings is 1. The van der Waals surface area contributed by atoms with Crippen LogP contribution in [0.2, 0.25) is 0 Å². The monoisotopic (exact) mass is 244 g/mol. The molecule has 0 saturated heterocycles. The van der Waals surface area contributed by atoms with Gasteiger partial charge in [0.1, 0.15) is 0 Å². The zero-order valence-corrected chi connectivity index (χ0v) is 11.4. The number of hydrogen-bond donors (Lipinski definition) is 1. The van der Waals surface area contributed by atoms with E-state index >= 15 is 0 Å². The number of hydrogen-bond acceptors (Lipinski definition) is 3. The van der Waals surface area contributed by atoms with Crippen molar-refractivity contribution in [2.45, 2.75) is 26.4 Å². The van der Waals surface area contributed by atoms with Crippen molar-refractivity contribution in [1.29, 1.82) is 0 Å². The van der Waals surface area contributed by atoms with Gasteiger partial charge < -0.3 is 10.0 Å². The fourth-order valence-corrected chi connectivity index (χ4v) is 2.27. The van der Waals surface area contributed by atoms with Crippen LogP contribution in [-0.4, -0.2) is 29.3 Å². The molecule has 3 nitrogen and oxygen atoms in total. The van der Waals surface area contributed by atoms with Crippen LogP contribution in [0.15, 0.2) is 30.3 Å². The Bertz CT molecular complexity index is 558. The van der Waals surface area contributed by atoms with Gasteiger partial charge in [-0.15, -0.1) is 0 Å². The fourth-order valence-electron chi connectivity index (χ4n) is 2.27. The lowest BCUT2D eigenvalue weighted by Gasteiger charge is -2.28. The van der Waals surface area contributed by atoms with Crippen LogP contribution < -0.4 is 4.90 Å². The number of likely N-dealkylation sites (N-methyl/N-ethyl adjacent to an activating group) is 1. The lowest BCUT2D eigenvalue weighted by molar-refractivity contribution is 0.0887. The zero-order chi connectivity index (χ0) is 13.3. The second-order valence-corrected chi connectivity index (χ2v) is 5.47. The van der Waals surface area contributed by atoms with Crippen molar-refractivity contribution in [2.75, 3.05) is 18.5 Å². The van der Waals surface area contributed by atoms with Crippen LogP contribution in [0, 0.1) is 6.92 Å². The predicted octanol–water partition coefficient (Wildman–Crippen LogP) is 2.75. The summed E-state index contributed by atoms with van der Waals surface area (Å²) in [6.07, 6.45) is 0. The summed E-state index contributed by atoms with van der Waals surface area (Å²) >= 11 is 0. The molecule has 18 heavy (non-hydrogen) atoms. The van der Waals surface area contributed by atoms with E-state index in [-0.39, 0.29) is 0 Å². The molecule has 0 fully saturated rings. The molecule has 0 atom stereocenters. The average Bonchev–Trinajstić information content (AvgIpc) is 2.25. The van der Waals surface area contributed by atoms with Gasteiger partial charge in [-0.2, -0.15) is 0 Å². The van der Waals surface area contributed by atoms with Crippen LogP contribution in [0.25, 0.3) is 10.9 Å². The van der Waals surface area contributed by atoms with Crippen molar-refractivity contribution in [3.8, 4) is 0 Å². The molecule has 0 aliphatic rings. The molecule has 96 valence electrons. The number of para-hydroxylation sites is 1. The highest BCUT2D eigenvalue weighted by Crippen LogP contribution is 2.26. The molecule has 0 bridgehead atoms. The maximum atomic E-state index is 9.93. The average molecular weight is 244 g/mol. The molecule has 2 aromatic rings. The maximum Gasteiger partial charge on any atom is 0.0765 e. The first-order valence-corrected chi connectivity index (χ1v) is 6.17. The summed E-state index contributed by atoms with van der Waals surface area (Å²) in [4.78, 5) is 6.61. The van der Waals surface area contributed by atoms with E-state index < -0.39 is 5.60 Å². The first-order chi connectivity index (χ1) is 8.37. The summed E-state index contributed by atoms with van der Waals surface area (Å²) in [5.74, 6) is 0. The van der Waals surface area contributed by atoms with Gasteiger partial charge in [-0.1, -0.05) is 18.2 Å². The molecule has 0 saturated carbocycles. The van der Waals surface area contributed by atoms with Crippen LogP contribution in [-0.2, 0) is 0 Å². The Morgan fingerprint density at radius 1 is 1.28 bits per heavy atom. The van der Waals surface area contributed by atoms with Gasteiger partial charge in [-0.3, -0.25) is 4.98 Å². The Balaban J connectivity index is 2.49. The number of aryl methyl sites for hydroxylation is 1. The second kappa shape index (κ2) is 4.58. The number of pyridine rings is 1. The second-order valence-electron chi connectivity index (χ2n) is 5.47. The molecule has 0 aliphatic heterocycles. The first kappa shape index (κ1) is 12.8. The quantitative estimate of drug-likeness (QED) is 0.902. The Labute approximate surface area is 108 Å². The molecule has 0 unspecified atom stereocenters. The van der Waals surface area contributed by atoms with E-state index in [9.17, 15) is 5.11 Å². The molecule has 2 rings (SSSR count). The minimum Gasteiger partial charge on any atom is -0.389 e. The first-order valence-electron chi connectivity index (χ1n) is 6.17. The smallest absolute Gasteiger partial charge is 0.0765 e. The number of anilines is 1. The van der Waals surface area contributed by atoms with Gasteiger partial charge in [-0.25, -0.2) is 0 Å². The van der Waals surface area contributed by atoms with Crippen LogP contribution in [0.1, 0.15) is 19.5 Å². The fraction of sp³-hybridized carbons (Fsp3) is 0.400. The summed E-state index contributed by atoms with van der Waals surface area (Å²) < 4.78 is 0. The molecule has 0 aliphatic carbocycles. The molecule has 0 amide bonds. The molecular weight excluding hydrogens is 224 g/mol. The van der Waals surface area contributed by atoms with Gasteiger partial charge in [0.05, 0.1) is 11.1 Å². The number of aliphatic hydroxyl groups is 1. The van der Waals surface area contributed by atoms with Crippen molar-refractivity contribution >= 4 is 16.6 Å². The minimum atomic E-state index is -0.715. The summed E-state index contributed by atoms with van der Waals surface area (Å²) in [6, 6.07) is 10.2. The summed E-state index contributed by atoms with van der Waals surface area (Å²) in [6.45, 7) is 6.22.